The van der Waals surface area contributed by atoms with Gasteiger partial charge < -0.3 is 5.32 Å². The molecule has 0 aliphatic carbocycles. The number of nitrogens with zero attached hydrogens (tertiary/aromatic N) is 3. The molecule has 0 bridgehead atoms. The summed E-state index contributed by atoms with van der Waals surface area (Å²) in [5.74, 6) is 1.06. The van der Waals surface area contributed by atoms with Gasteiger partial charge in [-0.1, -0.05) is 49.2 Å². The van der Waals surface area contributed by atoms with E-state index in [2.05, 4.69) is 29.2 Å². The zero-order chi connectivity index (χ0) is 18.8. The van der Waals surface area contributed by atoms with E-state index in [1.165, 1.54) is 16.4 Å². The molecule has 1 aromatic carbocycles. The second-order valence-electron chi connectivity index (χ2n) is 6.27. The molecule has 1 amide bonds. The smallest absolute Gasteiger partial charge is 0.256 e. The number of nitrogens with one attached hydrogen (secondary N) is 1. The van der Waals surface area contributed by atoms with Crippen LogP contribution in [-0.2, 0) is 0 Å². The largest absolute Gasteiger partial charge is 0.306 e. The van der Waals surface area contributed by atoms with E-state index in [0.717, 1.165) is 5.69 Å². The molecule has 0 spiro atoms. The quantitative estimate of drug-likeness (QED) is 0.662. The second kappa shape index (κ2) is 7.48. The van der Waals surface area contributed by atoms with Gasteiger partial charge in [0.05, 0.1) is 15.7 Å². The minimum absolute atomic E-state index is 0.230. The maximum Gasteiger partial charge on any atom is 0.256 e. The van der Waals surface area contributed by atoms with Crippen molar-refractivity contribution in [2.24, 2.45) is 0 Å². The van der Waals surface area contributed by atoms with Crippen molar-refractivity contribution in [3.63, 3.8) is 0 Å². The third-order valence-electron chi connectivity index (χ3n) is 3.90. The molecule has 1 N–H and O–H groups in total. The Balaban J connectivity index is 1.89. The number of halogens is 2. The van der Waals surface area contributed by atoms with Crippen LogP contribution in [0.4, 0.5) is 5.82 Å². The Morgan fingerprint density at radius 3 is 2.46 bits per heavy atom. The summed E-state index contributed by atoms with van der Waals surface area (Å²) in [5, 5.41) is 8.01. The van der Waals surface area contributed by atoms with Crippen molar-refractivity contribution in [2.45, 2.75) is 26.7 Å². The van der Waals surface area contributed by atoms with Gasteiger partial charge >= 0.3 is 0 Å². The molecule has 26 heavy (non-hydrogen) atoms. The highest BCUT2D eigenvalue weighted by atomic mass is 35.5. The summed E-state index contributed by atoms with van der Waals surface area (Å²) >= 11 is 12.1. The van der Waals surface area contributed by atoms with Crippen LogP contribution >= 0.6 is 23.2 Å². The fourth-order valence-electron chi connectivity index (χ4n) is 2.52. The number of rotatable bonds is 4. The maximum atomic E-state index is 12.6. The third-order valence-corrected chi connectivity index (χ3v) is 4.39. The normalized spacial score (nSPS) is 11.0. The Morgan fingerprint density at radius 2 is 1.85 bits per heavy atom. The first kappa shape index (κ1) is 18.4. The van der Waals surface area contributed by atoms with Crippen molar-refractivity contribution in [3.8, 4) is 5.82 Å². The number of pyridine rings is 1. The van der Waals surface area contributed by atoms with Crippen molar-refractivity contribution < 1.29 is 4.79 Å². The topological polar surface area (TPSA) is 59.8 Å². The van der Waals surface area contributed by atoms with Crippen molar-refractivity contribution in [1.82, 2.24) is 14.8 Å². The van der Waals surface area contributed by atoms with Crippen LogP contribution in [0.5, 0.6) is 0 Å². The zero-order valence-electron chi connectivity index (χ0n) is 14.6. The lowest BCUT2D eigenvalue weighted by atomic mass is 10.0. The Hall–Kier alpha value is -2.37. The number of aromatic nitrogens is 3. The van der Waals surface area contributed by atoms with Gasteiger partial charge in [0.25, 0.3) is 5.91 Å². The average molecular weight is 389 g/mol. The average Bonchev–Trinajstić information content (AvgIpc) is 2.95. The molecule has 0 saturated heterocycles. The van der Waals surface area contributed by atoms with E-state index < -0.39 is 0 Å². The number of hydrogen-bond donors (Lipinski definition) is 1. The van der Waals surface area contributed by atoms with Gasteiger partial charge in [-0.05, 0) is 36.6 Å². The highest BCUT2D eigenvalue weighted by Crippen LogP contribution is 2.25. The summed E-state index contributed by atoms with van der Waals surface area (Å²) in [6.45, 7) is 6.05. The lowest BCUT2D eigenvalue weighted by Crippen LogP contribution is -2.15. The molecule has 0 aliphatic rings. The Labute approximate surface area is 162 Å². The second-order valence-corrected chi connectivity index (χ2v) is 7.12. The highest BCUT2D eigenvalue weighted by molar-refractivity contribution is 6.35. The summed E-state index contributed by atoms with van der Waals surface area (Å²) in [5.41, 5.74) is 2.47. The van der Waals surface area contributed by atoms with Crippen LogP contribution in [0.3, 0.4) is 0 Å². The van der Waals surface area contributed by atoms with Crippen LogP contribution < -0.4 is 5.32 Å². The zero-order valence-corrected chi connectivity index (χ0v) is 16.1. The van der Waals surface area contributed by atoms with Crippen LogP contribution in [0, 0.1) is 6.92 Å². The minimum Gasteiger partial charge on any atom is -0.306 e. The van der Waals surface area contributed by atoms with E-state index in [4.69, 9.17) is 23.2 Å². The number of amides is 1. The first-order valence-electron chi connectivity index (χ1n) is 8.14. The SMILES string of the molecule is Cc1cc(NC(=O)c2ccc(C(C)C)cc2)n(-c2ncc(Cl)cc2Cl)n1. The predicted octanol–water partition coefficient (Wildman–Crippen LogP) is 5.26. The van der Waals surface area contributed by atoms with Crippen LogP contribution in [-0.4, -0.2) is 20.7 Å². The number of anilines is 1. The Morgan fingerprint density at radius 1 is 1.15 bits per heavy atom. The summed E-state index contributed by atoms with van der Waals surface area (Å²) in [6, 6.07) is 10.9. The van der Waals surface area contributed by atoms with Crippen LogP contribution in [0.1, 0.15) is 41.4 Å². The van der Waals surface area contributed by atoms with Crippen molar-refractivity contribution in [2.75, 3.05) is 5.32 Å². The number of carbonyl (C=O) groups excluding carboxylic acids is 1. The van der Waals surface area contributed by atoms with E-state index in [1.54, 1.807) is 12.1 Å². The fourth-order valence-corrected chi connectivity index (χ4v) is 2.98. The number of benzene rings is 1. The molecule has 134 valence electrons. The summed E-state index contributed by atoms with van der Waals surface area (Å²) in [4.78, 5) is 16.8. The molecule has 2 heterocycles. The molecule has 0 saturated carbocycles. The van der Waals surface area contributed by atoms with Crippen LogP contribution in [0.15, 0.2) is 42.6 Å². The van der Waals surface area contributed by atoms with Gasteiger partial charge in [0, 0.05) is 17.8 Å². The molecule has 3 aromatic rings. The summed E-state index contributed by atoms with van der Waals surface area (Å²) in [7, 11) is 0. The van der Waals surface area contributed by atoms with Gasteiger partial charge in [0.15, 0.2) is 5.82 Å². The maximum absolute atomic E-state index is 12.6. The first-order valence-corrected chi connectivity index (χ1v) is 8.90. The van der Waals surface area contributed by atoms with Gasteiger partial charge in [0.1, 0.15) is 5.82 Å². The minimum atomic E-state index is -0.230. The molecule has 2 aromatic heterocycles. The molecular weight excluding hydrogens is 371 g/mol. The molecule has 0 atom stereocenters. The van der Waals surface area contributed by atoms with Crippen LogP contribution in [0.2, 0.25) is 10.0 Å². The first-order chi connectivity index (χ1) is 12.3. The predicted molar refractivity (Wildman–Crippen MR) is 105 cm³/mol. The van der Waals surface area contributed by atoms with Crippen molar-refractivity contribution in [1.29, 1.82) is 0 Å². The summed E-state index contributed by atoms with van der Waals surface area (Å²) in [6.07, 6.45) is 1.48. The Bertz CT molecular complexity index is 949. The van der Waals surface area contributed by atoms with Crippen molar-refractivity contribution in [3.05, 3.63) is 69.5 Å². The standard InChI is InChI=1S/C19H18Cl2N4O/c1-11(2)13-4-6-14(7-5-13)19(26)23-17-8-12(3)24-25(17)18-16(21)9-15(20)10-22-18/h4-11H,1-3H3,(H,23,26). The van der Waals surface area contributed by atoms with Gasteiger partial charge in [-0.2, -0.15) is 9.78 Å². The van der Waals surface area contributed by atoms with E-state index in [9.17, 15) is 4.79 Å². The van der Waals surface area contributed by atoms with Crippen LogP contribution in [0.25, 0.3) is 5.82 Å². The van der Waals surface area contributed by atoms with Gasteiger partial charge in [-0.15, -0.1) is 0 Å². The van der Waals surface area contributed by atoms with E-state index in [-0.39, 0.29) is 5.91 Å². The molecule has 0 radical (unpaired) electrons. The van der Waals surface area contributed by atoms with Crippen molar-refractivity contribution >= 4 is 34.9 Å². The summed E-state index contributed by atoms with van der Waals surface area (Å²) < 4.78 is 1.49. The monoisotopic (exact) mass is 388 g/mol. The number of carbonyl (C=O) groups is 1. The number of hydrogen-bond acceptors (Lipinski definition) is 3. The fraction of sp³-hybridized carbons (Fsp3) is 0.211. The lowest BCUT2D eigenvalue weighted by Gasteiger charge is -2.10. The third kappa shape index (κ3) is 3.89. The molecule has 5 nitrogen and oxygen atoms in total. The molecule has 3 rings (SSSR count). The van der Waals surface area contributed by atoms with Gasteiger partial charge in [0.2, 0.25) is 0 Å². The molecular formula is C19H18Cl2N4O. The highest BCUT2D eigenvalue weighted by Gasteiger charge is 2.16. The lowest BCUT2D eigenvalue weighted by molar-refractivity contribution is 0.102. The van der Waals surface area contributed by atoms with E-state index in [0.29, 0.717) is 33.2 Å². The van der Waals surface area contributed by atoms with Gasteiger partial charge in [-0.3, -0.25) is 4.79 Å². The molecule has 0 aliphatic heterocycles. The van der Waals surface area contributed by atoms with E-state index in [1.807, 2.05) is 31.2 Å². The Kier molecular flexibility index (Phi) is 5.30. The number of aryl methyl sites for hydroxylation is 1. The van der Waals surface area contributed by atoms with Gasteiger partial charge in [-0.25, -0.2) is 4.98 Å². The molecule has 0 fully saturated rings. The molecule has 7 heteroatoms. The van der Waals surface area contributed by atoms with E-state index >= 15 is 0 Å². The molecule has 0 unspecified atom stereocenters.